The number of aromatic nitrogens is 2. The number of methoxy groups -OCH3 is 3. The maximum Gasteiger partial charge on any atom is 0.343 e. The van der Waals surface area contributed by atoms with Crippen molar-refractivity contribution in [3.8, 4) is 40.1 Å². The van der Waals surface area contributed by atoms with Gasteiger partial charge >= 0.3 is 5.97 Å². The molecule has 0 fully saturated rings. The van der Waals surface area contributed by atoms with Crippen LogP contribution in [0.5, 0.6) is 28.7 Å². The quantitative estimate of drug-likeness (QED) is 0.112. The van der Waals surface area contributed by atoms with E-state index in [9.17, 15) is 9.59 Å². The Morgan fingerprint density at radius 3 is 2.23 bits per heavy atom. The average Bonchev–Trinajstić information content (AvgIpc) is 3.04. The second-order valence-electron chi connectivity index (χ2n) is 9.62. The van der Waals surface area contributed by atoms with Crippen LogP contribution in [0.2, 0.25) is 0 Å². The number of benzene rings is 4. The van der Waals surface area contributed by atoms with Crippen LogP contribution in [0.4, 0.5) is 0 Å². The molecule has 0 spiro atoms. The van der Waals surface area contributed by atoms with Crippen LogP contribution in [0, 0.1) is 6.92 Å². The van der Waals surface area contributed by atoms with Crippen molar-refractivity contribution in [3.63, 3.8) is 0 Å². The fourth-order valence-corrected chi connectivity index (χ4v) is 4.56. The van der Waals surface area contributed by atoms with Gasteiger partial charge < -0.3 is 23.7 Å². The van der Waals surface area contributed by atoms with Gasteiger partial charge in [-0.1, -0.05) is 29.8 Å². The highest BCUT2D eigenvalue weighted by molar-refractivity contribution is 5.91. The Morgan fingerprint density at radius 2 is 1.57 bits per heavy atom. The molecule has 1 aromatic heterocycles. The van der Waals surface area contributed by atoms with Crippen LogP contribution < -0.4 is 29.2 Å². The highest BCUT2D eigenvalue weighted by atomic mass is 16.6. The highest BCUT2D eigenvalue weighted by Crippen LogP contribution is 2.41. The number of fused-ring (bicyclic) bond motifs is 1. The number of aryl methyl sites for hydroxylation is 1. The van der Waals surface area contributed by atoms with E-state index in [0.29, 0.717) is 57.2 Å². The van der Waals surface area contributed by atoms with Crippen LogP contribution in [0.3, 0.4) is 0 Å². The van der Waals surface area contributed by atoms with Crippen LogP contribution in [0.15, 0.2) is 88.8 Å². The molecule has 0 saturated carbocycles. The lowest BCUT2D eigenvalue weighted by Crippen LogP contribution is -2.20. The SMILES string of the molecule is CCOc1cc(C=Nn2c(-c3cc(OC)c(OC)c(OC)c3)nc3ccccc3c2=O)ccc1OC(=O)c1ccc(C)cc1. The first-order valence-corrected chi connectivity index (χ1v) is 13.8. The van der Waals surface area contributed by atoms with Crippen molar-refractivity contribution < 1.29 is 28.5 Å². The largest absolute Gasteiger partial charge is 0.493 e. The first kappa shape index (κ1) is 29.8. The molecule has 1 heterocycles. The van der Waals surface area contributed by atoms with Crippen molar-refractivity contribution in [1.29, 1.82) is 0 Å². The van der Waals surface area contributed by atoms with Crippen molar-refractivity contribution in [2.24, 2.45) is 5.10 Å². The van der Waals surface area contributed by atoms with Gasteiger partial charge in [0.2, 0.25) is 5.75 Å². The standard InChI is InChI=1S/C34H31N3O7/c1-6-43-28-17-22(13-16-27(28)44-34(39)23-14-11-21(2)12-15-23)20-35-37-32(36-26-10-8-7-9-25(26)33(37)38)24-18-29(40-3)31(42-5)30(19-24)41-4/h7-20H,6H2,1-5H3. The van der Waals surface area contributed by atoms with E-state index in [-0.39, 0.29) is 17.1 Å². The maximum absolute atomic E-state index is 13.7. The molecule has 0 amide bonds. The molecule has 44 heavy (non-hydrogen) atoms. The minimum Gasteiger partial charge on any atom is -0.493 e. The Hall–Kier alpha value is -5.64. The van der Waals surface area contributed by atoms with Gasteiger partial charge in [-0.15, -0.1) is 0 Å². The van der Waals surface area contributed by atoms with Crippen LogP contribution in [-0.4, -0.2) is 49.8 Å². The molecule has 0 bridgehead atoms. The Morgan fingerprint density at radius 1 is 0.864 bits per heavy atom. The fraction of sp³-hybridized carbons (Fsp3) is 0.176. The first-order valence-electron chi connectivity index (χ1n) is 13.8. The third kappa shape index (κ3) is 6.10. The third-order valence-electron chi connectivity index (χ3n) is 6.76. The number of hydrogen-bond donors (Lipinski definition) is 0. The van der Waals surface area contributed by atoms with Crippen LogP contribution in [0.1, 0.15) is 28.4 Å². The Kier molecular flexibility index (Phi) is 8.90. The fourth-order valence-electron chi connectivity index (χ4n) is 4.56. The van der Waals surface area contributed by atoms with Crippen LogP contribution >= 0.6 is 0 Å². The number of para-hydroxylation sites is 1. The molecule has 0 aliphatic rings. The number of carbonyl (C=O) groups is 1. The van der Waals surface area contributed by atoms with Crippen molar-refractivity contribution in [1.82, 2.24) is 9.66 Å². The van der Waals surface area contributed by atoms with E-state index in [2.05, 4.69) is 5.10 Å². The molecule has 0 unspecified atom stereocenters. The lowest BCUT2D eigenvalue weighted by Gasteiger charge is -2.15. The Bertz CT molecular complexity index is 1890. The maximum atomic E-state index is 13.7. The number of rotatable bonds is 10. The molecule has 4 aromatic carbocycles. The molecule has 10 nitrogen and oxygen atoms in total. The molecular weight excluding hydrogens is 562 g/mol. The molecule has 0 radical (unpaired) electrons. The Balaban J connectivity index is 1.57. The molecule has 0 aliphatic carbocycles. The molecule has 0 N–H and O–H groups in total. The molecule has 5 aromatic rings. The topological polar surface area (TPSA) is 110 Å². The summed E-state index contributed by atoms with van der Waals surface area (Å²) in [5.74, 6) is 1.58. The van der Waals surface area contributed by atoms with Gasteiger partial charge in [0, 0.05) is 5.56 Å². The van der Waals surface area contributed by atoms with E-state index in [0.717, 1.165) is 5.56 Å². The summed E-state index contributed by atoms with van der Waals surface area (Å²) in [7, 11) is 4.54. The van der Waals surface area contributed by atoms with Gasteiger partial charge in [-0.2, -0.15) is 9.78 Å². The zero-order valence-electron chi connectivity index (χ0n) is 25.0. The van der Waals surface area contributed by atoms with E-state index in [1.54, 1.807) is 60.7 Å². The number of hydrogen-bond acceptors (Lipinski definition) is 9. The molecule has 0 aliphatic heterocycles. The van der Waals surface area contributed by atoms with Gasteiger partial charge in [-0.25, -0.2) is 9.78 Å². The van der Waals surface area contributed by atoms with Gasteiger partial charge in [0.05, 0.1) is 50.6 Å². The van der Waals surface area contributed by atoms with Gasteiger partial charge in [0.25, 0.3) is 5.56 Å². The van der Waals surface area contributed by atoms with E-state index < -0.39 is 5.97 Å². The number of esters is 1. The predicted molar refractivity (Wildman–Crippen MR) is 168 cm³/mol. The average molecular weight is 594 g/mol. The van der Waals surface area contributed by atoms with Crippen molar-refractivity contribution in [2.45, 2.75) is 13.8 Å². The summed E-state index contributed by atoms with van der Waals surface area (Å²) >= 11 is 0. The summed E-state index contributed by atoms with van der Waals surface area (Å²) < 4.78 is 29.1. The van der Waals surface area contributed by atoms with Gasteiger partial charge in [0.15, 0.2) is 28.8 Å². The smallest absolute Gasteiger partial charge is 0.343 e. The second kappa shape index (κ2) is 13.1. The van der Waals surface area contributed by atoms with Crippen molar-refractivity contribution in [3.05, 3.63) is 106 Å². The number of ether oxygens (including phenoxy) is 5. The molecule has 10 heteroatoms. The third-order valence-corrected chi connectivity index (χ3v) is 6.76. The minimum atomic E-state index is -0.504. The molecule has 0 saturated heterocycles. The second-order valence-corrected chi connectivity index (χ2v) is 9.62. The highest BCUT2D eigenvalue weighted by Gasteiger charge is 2.19. The van der Waals surface area contributed by atoms with E-state index in [4.69, 9.17) is 28.7 Å². The molecule has 0 atom stereocenters. The van der Waals surface area contributed by atoms with Crippen molar-refractivity contribution in [2.75, 3.05) is 27.9 Å². The lowest BCUT2D eigenvalue weighted by molar-refractivity contribution is 0.0728. The summed E-state index contributed by atoms with van der Waals surface area (Å²) in [5.41, 5.74) is 2.71. The van der Waals surface area contributed by atoms with Crippen LogP contribution in [-0.2, 0) is 0 Å². The normalized spacial score (nSPS) is 11.0. The van der Waals surface area contributed by atoms with Gasteiger partial charge in [0.1, 0.15) is 0 Å². The predicted octanol–water partition coefficient (Wildman–Crippen LogP) is 5.90. The monoisotopic (exact) mass is 593 g/mol. The number of nitrogens with zero attached hydrogens (tertiary/aromatic N) is 3. The molecule has 224 valence electrons. The summed E-state index contributed by atoms with van der Waals surface area (Å²) in [5, 5.41) is 4.94. The summed E-state index contributed by atoms with van der Waals surface area (Å²) in [6.07, 6.45) is 1.51. The van der Waals surface area contributed by atoms with Crippen LogP contribution in [0.25, 0.3) is 22.3 Å². The molecular formula is C34H31N3O7. The first-order chi connectivity index (χ1) is 21.4. The van der Waals surface area contributed by atoms with E-state index >= 15 is 0 Å². The van der Waals surface area contributed by atoms with E-state index in [1.165, 1.54) is 32.2 Å². The zero-order chi connectivity index (χ0) is 31.2. The zero-order valence-corrected chi connectivity index (χ0v) is 25.0. The van der Waals surface area contributed by atoms with Gasteiger partial charge in [-0.3, -0.25) is 4.79 Å². The Labute approximate surface area is 254 Å². The number of carbonyl (C=O) groups excluding carboxylic acids is 1. The minimum absolute atomic E-state index is 0.261. The summed E-state index contributed by atoms with van der Waals surface area (Å²) in [6.45, 7) is 4.11. The van der Waals surface area contributed by atoms with Gasteiger partial charge in [-0.05, 0) is 74.0 Å². The van der Waals surface area contributed by atoms with E-state index in [1.807, 2.05) is 32.0 Å². The lowest BCUT2D eigenvalue weighted by atomic mass is 10.1. The summed E-state index contributed by atoms with van der Waals surface area (Å²) in [6, 6.07) is 22.6. The summed E-state index contributed by atoms with van der Waals surface area (Å²) in [4.78, 5) is 31.2. The van der Waals surface area contributed by atoms with Crippen molar-refractivity contribution >= 4 is 23.1 Å². The molecule has 5 rings (SSSR count).